The maximum Gasteiger partial charge on any atom is 0.488 e. The molecule has 0 spiro atoms. The van der Waals surface area contributed by atoms with Gasteiger partial charge in [-0.3, -0.25) is 0 Å². The third-order valence-corrected chi connectivity index (χ3v) is 2.34. The average Bonchev–Trinajstić information content (AvgIpc) is 2.27. The smallest absolute Gasteiger partial charge is 0.423 e. The Balaban J connectivity index is 2.36. The predicted molar refractivity (Wildman–Crippen MR) is 61.2 cm³/mol. The van der Waals surface area contributed by atoms with Crippen LogP contribution in [-0.2, 0) is 11.3 Å². The average molecular weight is 262 g/mol. The van der Waals surface area contributed by atoms with Gasteiger partial charge in [-0.05, 0) is 17.4 Å². The van der Waals surface area contributed by atoms with Gasteiger partial charge in [0.15, 0.2) is 0 Å². The molecule has 18 heavy (non-hydrogen) atoms. The van der Waals surface area contributed by atoms with Gasteiger partial charge in [-0.2, -0.15) is 13.2 Å². The molecule has 0 unspecified atom stereocenters. The highest BCUT2D eigenvalue weighted by Gasteiger charge is 2.26. The normalized spacial score (nSPS) is 11.6. The van der Waals surface area contributed by atoms with Crippen LogP contribution in [0.2, 0.25) is 0 Å². The van der Waals surface area contributed by atoms with Crippen molar-refractivity contribution in [3.63, 3.8) is 0 Å². The van der Waals surface area contributed by atoms with E-state index in [0.717, 1.165) is 0 Å². The Morgan fingerprint density at radius 1 is 1.17 bits per heavy atom. The van der Waals surface area contributed by atoms with Crippen molar-refractivity contribution in [2.45, 2.75) is 25.6 Å². The van der Waals surface area contributed by atoms with Crippen LogP contribution >= 0.6 is 0 Å². The number of ether oxygens (including phenoxy) is 1. The Bertz CT molecular complexity index is 369. The minimum atomic E-state index is -4.16. The minimum absolute atomic E-state index is 0.0185. The topological polar surface area (TPSA) is 49.7 Å². The fourth-order valence-corrected chi connectivity index (χ4v) is 1.47. The summed E-state index contributed by atoms with van der Waals surface area (Å²) in [6.07, 6.45) is -5.15. The molecule has 0 atom stereocenters. The summed E-state index contributed by atoms with van der Waals surface area (Å²) >= 11 is 0. The SMILES string of the molecule is OB(O)c1ccccc1COCCCC(F)(F)F. The van der Waals surface area contributed by atoms with Gasteiger partial charge in [-0.1, -0.05) is 24.3 Å². The van der Waals surface area contributed by atoms with E-state index in [1.165, 1.54) is 6.07 Å². The molecule has 0 saturated carbocycles. The van der Waals surface area contributed by atoms with Gasteiger partial charge in [0.2, 0.25) is 0 Å². The Kier molecular flexibility index (Phi) is 5.65. The van der Waals surface area contributed by atoms with Gasteiger partial charge in [0, 0.05) is 13.0 Å². The Morgan fingerprint density at radius 3 is 2.44 bits per heavy atom. The second kappa shape index (κ2) is 6.77. The lowest BCUT2D eigenvalue weighted by Crippen LogP contribution is -2.33. The van der Waals surface area contributed by atoms with Crippen LogP contribution in [0.1, 0.15) is 18.4 Å². The first-order valence-corrected chi connectivity index (χ1v) is 5.48. The van der Waals surface area contributed by atoms with Gasteiger partial charge in [0.25, 0.3) is 0 Å². The van der Waals surface area contributed by atoms with Crippen molar-refractivity contribution in [1.29, 1.82) is 0 Å². The van der Waals surface area contributed by atoms with Gasteiger partial charge in [0.05, 0.1) is 6.61 Å². The molecule has 0 aromatic heterocycles. The summed E-state index contributed by atoms with van der Waals surface area (Å²) in [5.41, 5.74) is 0.854. The van der Waals surface area contributed by atoms with E-state index in [1.54, 1.807) is 18.2 Å². The highest BCUT2D eigenvalue weighted by molar-refractivity contribution is 6.59. The van der Waals surface area contributed by atoms with E-state index >= 15 is 0 Å². The molecule has 3 nitrogen and oxygen atoms in total. The molecule has 0 aliphatic heterocycles. The van der Waals surface area contributed by atoms with E-state index in [0.29, 0.717) is 11.0 Å². The molecule has 1 aromatic carbocycles. The zero-order chi connectivity index (χ0) is 13.6. The number of halogens is 3. The minimum Gasteiger partial charge on any atom is -0.423 e. The third kappa shape index (κ3) is 5.53. The summed E-state index contributed by atoms with van der Waals surface area (Å²) < 4.78 is 40.6. The van der Waals surface area contributed by atoms with E-state index in [9.17, 15) is 13.2 Å². The van der Waals surface area contributed by atoms with Crippen molar-refractivity contribution < 1.29 is 28.0 Å². The third-order valence-electron chi connectivity index (χ3n) is 2.34. The molecule has 0 aliphatic rings. The monoisotopic (exact) mass is 262 g/mol. The summed E-state index contributed by atoms with van der Waals surface area (Å²) in [6.45, 7) is 0.0427. The zero-order valence-corrected chi connectivity index (χ0v) is 9.65. The lowest BCUT2D eigenvalue weighted by atomic mass is 9.77. The van der Waals surface area contributed by atoms with E-state index in [4.69, 9.17) is 14.8 Å². The van der Waals surface area contributed by atoms with Crippen molar-refractivity contribution in [2.75, 3.05) is 6.61 Å². The molecule has 100 valence electrons. The van der Waals surface area contributed by atoms with Crippen molar-refractivity contribution in [3.05, 3.63) is 29.8 Å². The van der Waals surface area contributed by atoms with Gasteiger partial charge < -0.3 is 14.8 Å². The largest absolute Gasteiger partial charge is 0.488 e. The number of benzene rings is 1. The summed E-state index contributed by atoms with van der Waals surface area (Å²) in [5, 5.41) is 18.1. The van der Waals surface area contributed by atoms with Crippen LogP contribution in [-0.4, -0.2) is 29.9 Å². The lowest BCUT2D eigenvalue weighted by Gasteiger charge is -2.10. The molecular formula is C11H14BF3O3. The van der Waals surface area contributed by atoms with Crippen LogP contribution in [0.15, 0.2) is 24.3 Å². The molecule has 0 fully saturated rings. The second-order valence-electron chi connectivity index (χ2n) is 3.84. The van der Waals surface area contributed by atoms with Crippen molar-refractivity contribution in [2.24, 2.45) is 0 Å². The number of rotatable bonds is 6. The molecule has 0 radical (unpaired) electrons. The van der Waals surface area contributed by atoms with Crippen LogP contribution in [0.4, 0.5) is 13.2 Å². The highest BCUT2D eigenvalue weighted by Crippen LogP contribution is 2.21. The molecule has 0 heterocycles. The Morgan fingerprint density at radius 2 is 1.83 bits per heavy atom. The van der Waals surface area contributed by atoms with Crippen LogP contribution < -0.4 is 5.46 Å². The zero-order valence-electron chi connectivity index (χ0n) is 9.65. The number of alkyl halides is 3. The van der Waals surface area contributed by atoms with E-state index in [-0.39, 0.29) is 19.6 Å². The Hall–Kier alpha value is -1.05. The number of hydrogen-bond donors (Lipinski definition) is 2. The van der Waals surface area contributed by atoms with Crippen LogP contribution in [0.3, 0.4) is 0 Å². The molecule has 0 bridgehead atoms. The lowest BCUT2D eigenvalue weighted by molar-refractivity contribution is -0.138. The maximum atomic E-state index is 11.9. The van der Waals surface area contributed by atoms with Gasteiger partial charge in [0.1, 0.15) is 0 Å². The quantitative estimate of drug-likeness (QED) is 0.598. The molecule has 0 aliphatic carbocycles. The van der Waals surface area contributed by atoms with Crippen LogP contribution in [0.25, 0.3) is 0 Å². The fourth-order valence-electron chi connectivity index (χ4n) is 1.47. The predicted octanol–water partition coefficient (Wildman–Crippen LogP) is 1.23. The Labute approximate surface area is 103 Å². The summed E-state index contributed by atoms with van der Waals surface area (Å²) in [7, 11) is -1.61. The molecule has 0 saturated heterocycles. The van der Waals surface area contributed by atoms with Crippen molar-refractivity contribution in [1.82, 2.24) is 0 Å². The molecule has 1 rings (SSSR count). The first-order valence-electron chi connectivity index (χ1n) is 5.48. The van der Waals surface area contributed by atoms with E-state index in [1.807, 2.05) is 0 Å². The molecule has 1 aromatic rings. The van der Waals surface area contributed by atoms with Gasteiger partial charge in [-0.25, -0.2) is 0 Å². The van der Waals surface area contributed by atoms with Crippen molar-refractivity contribution in [3.8, 4) is 0 Å². The molecule has 7 heteroatoms. The second-order valence-corrected chi connectivity index (χ2v) is 3.84. The van der Waals surface area contributed by atoms with Gasteiger partial charge in [-0.15, -0.1) is 0 Å². The van der Waals surface area contributed by atoms with E-state index < -0.39 is 19.7 Å². The summed E-state index contributed by atoms with van der Waals surface area (Å²) in [5.74, 6) is 0. The first kappa shape index (κ1) is 15.0. The standard InChI is InChI=1S/C11H14BF3O3/c13-11(14,15)6-3-7-18-8-9-4-1-2-5-10(9)12(16)17/h1-2,4-5,16-17H,3,6-8H2. The summed E-state index contributed by atoms with van der Waals surface area (Å²) in [6, 6.07) is 6.50. The van der Waals surface area contributed by atoms with Crippen LogP contribution in [0, 0.1) is 0 Å². The fraction of sp³-hybridized carbons (Fsp3) is 0.455. The first-order chi connectivity index (χ1) is 8.40. The molecule has 2 N–H and O–H groups in total. The molecular weight excluding hydrogens is 248 g/mol. The van der Waals surface area contributed by atoms with Crippen molar-refractivity contribution >= 4 is 12.6 Å². The molecule has 0 amide bonds. The highest BCUT2D eigenvalue weighted by atomic mass is 19.4. The number of hydrogen-bond acceptors (Lipinski definition) is 3. The summed E-state index contributed by atoms with van der Waals surface area (Å²) in [4.78, 5) is 0. The van der Waals surface area contributed by atoms with Crippen LogP contribution in [0.5, 0.6) is 0 Å². The van der Waals surface area contributed by atoms with Gasteiger partial charge >= 0.3 is 13.3 Å². The van der Waals surface area contributed by atoms with E-state index in [2.05, 4.69) is 0 Å². The maximum absolute atomic E-state index is 11.9.